The molecule has 1 fully saturated rings. The summed E-state index contributed by atoms with van der Waals surface area (Å²) in [4.78, 5) is 8.80. The van der Waals surface area contributed by atoms with Crippen molar-refractivity contribution < 1.29 is 0 Å². The molecule has 2 aliphatic rings. The van der Waals surface area contributed by atoms with E-state index in [9.17, 15) is 0 Å². The molecule has 2 atom stereocenters. The lowest BCUT2D eigenvalue weighted by Gasteiger charge is -2.13. The van der Waals surface area contributed by atoms with Gasteiger partial charge in [-0.2, -0.15) is 0 Å². The van der Waals surface area contributed by atoms with Crippen molar-refractivity contribution in [1.82, 2.24) is 9.97 Å². The van der Waals surface area contributed by atoms with Gasteiger partial charge in [-0.25, -0.2) is 9.97 Å². The van der Waals surface area contributed by atoms with Crippen molar-refractivity contribution in [2.75, 3.05) is 12.4 Å². The Morgan fingerprint density at radius 1 is 1.38 bits per heavy atom. The van der Waals surface area contributed by atoms with Gasteiger partial charge < -0.3 is 5.32 Å². The van der Waals surface area contributed by atoms with Gasteiger partial charge in [0.2, 0.25) is 5.95 Å². The first-order valence-corrected chi connectivity index (χ1v) is 4.93. The Hall–Kier alpha value is -1.12. The van der Waals surface area contributed by atoms with Crippen LogP contribution < -0.4 is 5.32 Å². The quantitative estimate of drug-likeness (QED) is 0.708. The standard InChI is InChI=1S/C10H13N3/c1-11-10-12-5-8-6-2-3-7(4-6)9(8)13-10/h5-7H,2-4H2,1H3,(H,11,12,13). The van der Waals surface area contributed by atoms with Crippen molar-refractivity contribution in [3.63, 3.8) is 0 Å². The van der Waals surface area contributed by atoms with E-state index in [1.54, 1.807) is 0 Å². The highest BCUT2D eigenvalue weighted by Gasteiger charge is 2.38. The molecule has 1 heterocycles. The van der Waals surface area contributed by atoms with Gasteiger partial charge in [0, 0.05) is 19.2 Å². The zero-order valence-corrected chi connectivity index (χ0v) is 7.75. The summed E-state index contributed by atoms with van der Waals surface area (Å²) in [6.07, 6.45) is 6.01. The van der Waals surface area contributed by atoms with E-state index in [-0.39, 0.29) is 0 Å². The molecule has 3 nitrogen and oxygen atoms in total. The molecule has 0 aliphatic heterocycles. The molecular formula is C10H13N3. The number of nitrogens with one attached hydrogen (secondary N) is 1. The molecule has 2 unspecified atom stereocenters. The van der Waals surface area contributed by atoms with Gasteiger partial charge in [-0.1, -0.05) is 0 Å². The van der Waals surface area contributed by atoms with Gasteiger partial charge in [0.1, 0.15) is 0 Å². The van der Waals surface area contributed by atoms with E-state index in [0.717, 1.165) is 17.8 Å². The van der Waals surface area contributed by atoms with Crippen LogP contribution in [0.3, 0.4) is 0 Å². The van der Waals surface area contributed by atoms with Crippen LogP contribution in [0.4, 0.5) is 5.95 Å². The second-order valence-corrected chi connectivity index (χ2v) is 3.99. The Kier molecular flexibility index (Phi) is 1.37. The van der Waals surface area contributed by atoms with Crippen LogP contribution in [-0.4, -0.2) is 17.0 Å². The van der Waals surface area contributed by atoms with E-state index in [4.69, 9.17) is 0 Å². The van der Waals surface area contributed by atoms with Crippen molar-refractivity contribution in [2.24, 2.45) is 0 Å². The number of hydrogen-bond donors (Lipinski definition) is 1. The average molecular weight is 175 g/mol. The molecule has 0 saturated heterocycles. The van der Waals surface area contributed by atoms with Crippen LogP contribution in [0.5, 0.6) is 0 Å². The Morgan fingerprint density at radius 2 is 2.23 bits per heavy atom. The molecule has 68 valence electrons. The van der Waals surface area contributed by atoms with Crippen LogP contribution in [0.2, 0.25) is 0 Å². The van der Waals surface area contributed by atoms with Crippen LogP contribution >= 0.6 is 0 Å². The summed E-state index contributed by atoms with van der Waals surface area (Å²) in [5.74, 6) is 2.27. The predicted octanol–water partition coefficient (Wildman–Crippen LogP) is 1.88. The van der Waals surface area contributed by atoms with Crippen LogP contribution in [0.15, 0.2) is 6.20 Å². The van der Waals surface area contributed by atoms with Crippen molar-refractivity contribution in [2.45, 2.75) is 31.1 Å². The highest BCUT2D eigenvalue weighted by atomic mass is 15.1. The maximum Gasteiger partial charge on any atom is 0.222 e. The van der Waals surface area contributed by atoms with Crippen molar-refractivity contribution in [3.8, 4) is 0 Å². The van der Waals surface area contributed by atoms with Gasteiger partial charge in [-0.05, 0) is 30.7 Å². The number of nitrogens with zero attached hydrogens (tertiary/aromatic N) is 2. The molecule has 3 rings (SSSR count). The minimum atomic E-state index is 0.732. The summed E-state index contributed by atoms with van der Waals surface area (Å²) in [7, 11) is 1.87. The summed E-state index contributed by atoms with van der Waals surface area (Å²) < 4.78 is 0. The molecule has 0 amide bonds. The second-order valence-electron chi connectivity index (χ2n) is 3.99. The second kappa shape index (κ2) is 2.44. The smallest absolute Gasteiger partial charge is 0.222 e. The first-order chi connectivity index (χ1) is 6.38. The van der Waals surface area contributed by atoms with Gasteiger partial charge in [0.15, 0.2) is 0 Å². The van der Waals surface area contributed by atoms with Gasteiger partial charge in [0.05, 0.1) is 5.69 Å². The third-order valence-corrected chi connectivity index (χ3v) is 3.33. The molecule has 0 aromatic carbocycles. The molecule has 1 N–H and O–H groups in total. The lowest BCUT2D eigenvalue weighted by Crippen LogP contribution is -2.05. The third kappa shape index (κ3) is 0.900. The van der Waals surface area contributed by atoms with Crippen molar-refractivity contribution >= 4 is 5.95 Å². The van der Waals surface area contributed by atoms with E-state index in [2.05, 4.69) is 15.3 Å². The van der Waals surface area contributed by atoms with E-state index >= 15 is 0 Å². The van der Waals surface area contributed by atoms with Crippen LogP contribution in [0, 0.1) is 0 Å². The molecule has 13 heavy (non-hydrogen) atoms. The van der Waals surface area contributed by atoms with Crippen LogP contribution in [-0.2, 0) is 0 Å². The summed E-state index contributed by atoms with van der Waals surface area (Å²) in [5.41, 5.74) is 2.73. The first-order valence-electron chi connectivity index (χ1n) is 4.93. The molecular weight excluding hydrogens is 162 g/mol. The normalized spacial score (nSPS) is 29.0. The summed E-state index contributed by atoms with van der Waals surface area (Å²) in [6, 6.07) is 0. The van der Waals surface area contributed by atoms with Gasteiger partial charge in [0.25, 0.3) is 0 Å². The summed E-state index contributed by atoms with van der Waals surface area (Å²) in [5, 5.41) is 2.99. The molecule has 1 aromatic rings. The SMILES string of the molecule is CNc1ncc2c(n1)C1CCC2C1. The zero-order chi connectivity index (χ0) is 8.84. The minimum absolute atomic E-state index is 0.732. The van der Waals surface area contributed by atoms with Gasteiger partial charge in [-0.3, -0.25) is 0 Å². The Morgan fingerprint density at radius 3 is 3.08 bits per heavy atom. The molecule has 2 aliphatic carbocycles. The van der Waals surface area contributed by atoms with E-state index in [1.165, 1.54) is 30.5 Å². The van der Waals surface area contributed by atoms with Gasteiger partial charge >= 0.3 is 0 Å². The summed E-state index contributed by atoms with van der Waals surface area (Å²) >= 11 is 0. The Balaban J connectivity index is 2.11. The van der Waals surface area contributed by atoms with Crippen LogP contribution in [0.25, 0.3) is 0 Å². The Bertz CT molecular complexity index is 348. The minimum Gasteiger partial charge on any atom is -0.357 e. The molecule has 1 aromatic heterocycles. The average Bonchev–Trinajstić information content (AvgIpc) is 2.77. The highest BCUT2D eigenvalue weighted by Crippen LogP contribution is 2.51. The van der Waals surface area contributed by atoms with E-state index < -0.39 is 0 Å². The predicted molar refractivity (Wildman–Crippen MR) is 50.9 cm³/mol. The maximum absolute atomic E-state index is 4.53. The van der Waals surface area contributed by atoms with Crippen LogP contribution in [0.1, 0.15) is 42.4 Å². The number of hydrogen-bond acceptors (Lipinski definition) is 3. The molecule has 0 spiro atoms. The van der Waals surface area contributed by atoms with Crippen molar-refractivity contribution in [1.29, 1.82) is 0 Å². The lowest BCUT2D eigenvalue weighted by atomic mass is 9.98. The number of fused-ring (bicyclic) bond motifs is 5. The number of anilines is 1. The topological polar surface area (TPSA) is 37.8 Å². The molecule has 0 radical (unpaired) electrons. The highest BCUT2D eigenvalue weighted by molar-refractivity contribution is 5.39. The fourth-order valence-electron chi connectivity index (χ4n) is 2.68. The number of aromatic nitrogens is 2. The Labute approximate surface area is 77.6 Å². The zero-order valence-electron chi connectivity index (χ0n) is 7.75. The molecule has 2 bridgehead atoms. The first kappa shape index (κ1) is 7.30. The largest absolute Gasteiger partial charge is 0.357 e. The third-order valence-electron chi connectivity index (χ3n) is 3.33. The maximum atomic E-state index is 4.53. The van der Waals surface area contributed by atoms with Gasteiger partial charge in [-0.15, -0.1) is 0 Å². The monoisotopic (exact) mass is 175 g/mol. The van der Waals surface area contributed by atoms with E-state index in [0.29, 0.717) is 0 Å². The summed E-state index contributed by atoms with van der Waals surface area (Å²) in [6.45, 7) is 0. The molecule has 1 saturated carbocycles. The van der Waals surface area contributed by atoms with E-state index in [1.807, 2.05) is 13.2 Å². The molecule has 3 heteroatoms. The number of rotatable bonds is 1. The lowest BCUT2D eigenvalue weighted by molar-refractivity contribution is 0.692. The van der Waals surface area contributed by atoms with Crippen molar-refractivity contribution in [3.05, 3.63) is 17.5 Å². The fraction of sp³-hybridized carbons (Fsp3) is 0.600. The fourth-order valence-corrected chi connectivity index (χ4v) is 2.68.